The zero-order valence-electron chi connectivity index (χ0n) is 20.6. The standard InChI is InChI=1S/C26H20F2N4O7S/c1-31-9-8-21(33)32(26(31)37)20-7-3-5-14-13(4-2-6-15(14)20)10-19(25(35)36)29-24(34)22-17(27)11-18-16(23(22)28)12-40(38,39)30-18/h2-9,11,19,30H,10,12H2,1H3,(H,29,34)(H,35,36)/t19-/m0/s1. The van der Waals surface area contributed by atoms with E-state index in [9.17, 15) is 37.1 Å². The van der Waals surface area contributed by atoms with Gasteiger partial charge in [-0.3, -0.25) is 14.3 Å². The third-order valence-corrected chi connectivity index (χ3v) is 7.76. The first-order chi connectivity index (χ1) is 18.9. The number of anilines is 1. The largest absolute Gasteiger partial charge is 0.480 e. The van der Waals surface area contributed by atoms with Crippen molar-refractivity contribution in [2.75, 3.05) is 4.72 Å². The number of sulfonamides is 1. The smallest absolute Gasteiger partial charge is 0.335 e. The molecule has 11 nitrogen and oxygen atoms in total. The van der Waals surface area contributed by atoms with E-state index in [1.165, 1.54) is 23.9 Å². The summed E-state index contributed by atoms with van der Waals surface area (Å²) in [5, 5.41) is 12.9. The van der Waals surface area contributed by atoms with Gasteiger partial charge in [0.2, 0.25) is 10.0 Å². The number of hydrogen-bond donors (Lipinski definition) is 3. The molecule has 40 heavy (non-hydrogen) atoms. The topological polar surface area (TPSA) is 157 Å². The zero-order valence-corrected chi connectivity index (χ0v) is 21.5. The fourth-order valence-electron chi connectivity index (χ4n) is 4.66. The number of aromatic nitrogens is 2. The lowest BCUT2D eigenvalue weighted by Crippen LogP contribution is -2.43. The Morgan fingerprint density at radius 1 is 1.10 bits per heavy atom. The van der Waals surface area contributed by atoms with Crippen LogP contribution in [0.2, 0.25) is 0 Å². The van der Waals surface area contributed by atoms with E-state index < -0.39 is 67.7 Å². The van der Waals surface area contributed by atoms with Gasteiger partial charge in [-0.15, -0.1) is 0 Å². The number of benzene rings is 3. The van der Waals surface area contributed by atoms with E-state index in [2.05, 4.69) is 5.32 Å². The normalized spacial score (nSPS) is 14.4. The summed E-state index contributed by atoms with van der Waals surface area (Å²) in [7, 11) is -2.46. The maximum Gasteiger partial charge on any atom is 0.335 e. The van der Waals surface area contributed by atoms with Gasteiger partial charge in [-0.2, -0.15) is 0 Å². The van der Waals surface area contributed by atoms with Crippen molar-refractivity contribution < 1.29 is 31.9 Å². The summed E-state index contributed by atoms with van der Waals surface area (Å²) >= 11 is 0. The lowest BCUT2D eigenvalue weighted by molar-refractivity contribution is -0.139. The Labute approximate surface area is 224 Å². The fraction of sp³-hybridized carbons (Fsp3) is 0.154. The molecule has 0 bridgehead atoms. The molecule has 1 atom stereocenters. The van der Waals surface area contributed by atoms with Crippen molar-refractivity contribution in [3.63, 3.8) is 0 Å². The molecule has 0 radical (unpaired) electrons. The van der Waals surface area contributed by atoms with Crippen molar-refractivity contribution in [2.45, 2.75) is 18.2 Å². The fourth-order valence-corrected chi connectivity index (χ4v) is 5.92. The van der Waals surface area contributed by atoms with Crippen LogP contribution in [0.3, 0.4) is 0 Å². The molecule has 3 N–H and O–H groups in total. The van der Waals surface area contributed by atoms with Crippen molar-refractivity contribution in [1.29, 1.82) is 0 Å². The summed E-state index contributed by atoms with van der Waals surface area (Å²) in [6.45, 7) is 0. The molecule has 14 heteroatoms. The summed E-state index contributed by atoms with van der Waals surface area (Å²) in [6.07, 6.45) is 1.01. The summed E-state index contributed by atoms with van der Waals surface area (Å²) in [6, 6.07) is 9.80. The second-order valence-electron chi connectivity index (χ2n) is 9.18. The molecule has 5 rings (SSSR count). The molecule has 0 unspecified atom stereocenters. The number of carbonyl (C=O) groups excluding carboxylic acids is 1. The van der Waals surface area contributed by atoms with Crippen LogP contribution in [0.4, 0.5) is 14.5 Å². The van der Waals surface area contributed by atoms with Crippen LogP contribution in [0.25, 0.3) is 16.5 Å². The van der Waals surface area contributed by atoms with Gasteiger partial charge in [0.25, 0.3) is 11.5 Å². The maximum atomic E-state index is 15.0. The van der Waals surface area contributed by atoms with Crippen LogP contribution in [0.1, 0.15) is 21.5 Å². The highest BCUT2D eigenvalue weighted by atomic mass is 32.2. The number of aliphatic carboxylic acids is 1. The number of hydrogen-bond acceptors (Lipinski definition) is 6. The van der Waals surface area contributed by atoms with E-state index in [-0.39, 0.29) is 17.8 Å². The molecular formula is C26H20F2N4O7S. The van der Waals surface area contributed by atoms with E-state index in [0.29, 0.717) is 22.4 Å². The van der Waals surface area contributed by atoms with Gasteiger partial charge in [-0.1, -0.05) is 30.3 Å². The molecule has 4 aromatic rings. The minimum atomic E-state index is -3.94. The van der Waals surface area contributed by atoms with Crippen molar-refractivity contribution in [2.24, 2.45) is 7.05 Å². The van der Waals surface area contributed by atoms with Crippen molar-refractivity contribution in [3.8, 4) is 5.69 Å². The average Bonchev–Trinajstić information content (AvgIpc) is 3.20. The number of aryl methyl sites for hydroxylation is 1. The van der Waals surface area contributed by atoms with Crippen LogP contribution in [-0.4, -0.2) is 40.6 Å². The Bertz CT molecular complexity index is 1970. The molecule has 1 aliphatic rings. The van der Waals surface area contributed by atoms with Gasteiger partial charge < -0.3 is 15.0 Å². The van der Waals surface area contributed by atoms with E-state index in [4.69, 9.17) is 0 Å². The molecule has 0 aliphatic carbocycles. The monoisotopic (exact) mass is 570 g/mol. The van der Waals surface area contributed by atoms with Crippen molar-refractivity contribution in [1.82, 2.24) is 14.5 Å². The molecule has 2 heterocycles. The molecule has 1 aromatic heterocycles. The predicted molar refractivity (Wildman–Crippen MR) is 140 cm³/mol. The van der Waals surface area contributed by atoms with E-state index in [0.717, 1.165) is 4.57 Å². The van der Waals surface area contributed by atoms with Crippen LogP contribution >= 0.6 is 0 Å². The first-order valence-corrected chi connectivity index (χ1v) is 13.4. The van der Waals surface area contributed by atoms with Crippen LogP contribution in [0.5, 0.6) is 0 Å². The van der Waals surface area contributed by atoms with Crippen LogP contribution in [0.15, 0.2) is 64.3 Å². The first-order valence-electron chi connectivity index (χ1n) is 11.7. The lowest BCUT2D eigenvalue weighted by Gasteiger charge is -2.18. The molecule has 3 aromatic carbocycles. The Morgan fingerprint density at radius 3 is 2.52 bits per heavy atom. The van der Waals surface area contributed by atoms with Gasteiger partial charge in [0.1, 0.15) is 23.2 Å². The summed E-state index contributed by atoms with van der Waals surface area (Å²) in [5.41, 5.74) is -2.38. The quantitative estimate of drug-likeness (QED) is 0.318. The number of carbonyl (C=O) groups is 2. The summed E-state index contributed by atoms with van der Waals surface area (Å²) < 4.78 is 57.4. The maximum absolute atomic E-state index is 15.0. The SMILES string of the molecule is Cn1ccc(=O)n(-c2cccc3c(C[C@H](NC(=O)c4c(F)cc5c(c4F)CS(=O)(=O)N5)C(=O)O)cccc23)c1=O. The Kier molecular flexibility index (Phi) is 6.50. The highest BCUT2D eigenvalue weighted by Gasteiger charge is 2.33. The molecule has 0 spiro atoms. The van der Waals surface area contributed by atoms with E-state index in [1.807, 2.05) is 4.72 Å². The van der Waals surface area contributed by atoms with Gasteiger partial charge in [0.05, 0.1) is 17.1 Å². The van der Waals surface area contributed by atoms with Crippen LogP contribution < -0.4 is 21.3 Å². The highest BCUT2D eigenvalue weighted by molar-refractivity contribution is 7.92. The zero-order chi connectivity index (χ0) is 28.9. The molecule has 0 fully saturated rings. The van der Waals surface area contributed by atoms with Gasteiger partial charge in [0, 0.05) is 36.7 Å². The summed E-state index contributed by atoms with van der Waals surface area (Å²) in [5.74, 6) is -6.46. The number of rotatable bonds is 6. The molecule has 206 valence electrons. The molecule has 1 aliphatic heterocycles. The molecule has 0 saturated heterocycles. The number of fused-ring (bicyclic) bond motifs is 2. The Hall–Kier alpha value is -4.85. The Morgan fingerprint density at radius 2 is 1.80 bits per heavy atom. The molecular weight excluding hydrogens is 550 g/mol. The van der Waals surface area contributed by atoms with Crippen LogP contribution in [0, 0.1) is 11.6 Å². The summed E-state index contributed by atoms with van der Waals surface area (Å²) in [4.78, 5) is 50.2. The van der Waals surface area contributed by atoms with Gasteiger partial charge in [-0.25, -0.2) is 31.4 Å². The Balaban J connectivity index is 1.51. The number of nitrogens with zero attached hydrogens (tertiary/aromatic N) is 2. The van der Waals surface area contributed by atoms with Crippen molar-refractivity contribution in [3.05, 3.63) is 104 Å². The second kappa shape index (κ2) is 9.72. The minimum Gasteiger partial charge on any atom is -0.480 e. The number of carboxylic acid groups (broad SMARTS) is 1. The first kappa shape index (κ1) is 26.7. The number of amides is 1. The average molecular weight is 571 g/mol. The second-order valence-corrected chi connectivity index (χ2v) is 10.9. The number of halogens is 2. The van der Waals surface area contributed by atoms with Crippen molar-refractivity contribution >= 4 is 38.4 Å². The molecule has 1 amide bonds. The predicted octanol–water partition coefficient (Wildman–Crippen LogP) is 1.65. The van der Waals surface area contributed by atoms with Gasteiger partial charge >= 0.3 is 11.7 Å². The number of nitrogens with one attached hydrogen (secondary N) is 2. The molecule has 0 saturated carbocycles. The third kappa shape index (κ3) is 4.62. The van der Waals surface area contributed by atoms with E-state index >= 15 is 4.39 Å². The van der Waals surface area contributed by atoms with E-state index in [1.54, 1.807) is 36.4 Å². The third-order valence-electron chi connectivity index (χ3n) is 6.56. The lowest BCUT2D eigenvalue weighted by atomic mass is 9.97. The van der Waals surface area contributed by atoms with Gasteiger partial charge in [0.15, 0.2) is 0 Å². The minimum absolute atomic E-state index is 0.257. The van der Waals surface area contributed by atoms with Gasteiger partial charge in [-0.05, 0) is 23.1 Å². The number of carboxylic acids is 1. The van der Waals surface area contributed by atoms with Crippen LogP contribution in [-0.2, 0) is 34.0 Å². The highest BCUT2D eigenvalue weighted by Crippen LogP contribution is 2.33.